The maximum atomic E-state index is 13.8. The highest BCUT2D eigenvalue weighted by Crippen LogP contribution is 2.26. The van der Waals surface area contributed by atoms with Crippen LogP contribution in [0.3, 0.4) is 0 Å². The number of hydrogen-bond acceptors (Lipinski definition) is 2. The van der Waals surface area contributed by atoms with Crippen molar-refractivity contribution in [3.05, 3.63) is 34.1 Å². The Balaban J connectivity index is 2.14. The van der Waals surface area contributed by atoms with E-state index in [1.54, 1.807) is 12.1 Å². The van der Waals surface area contributed by atoms with Gasteiger partial charge in [-0.2, -0.15) is 0 Å². The van der Waals surface area contributed by atoms with Crippen molar-refractivity contribution in [3.63, 3.8) is 0 Å². The van der Waals surface area contributed by atoms with Crippen molar-refractivity contribution >= 4 is 21.9 Å². The van der Waals surface area contributed by atoms with E-state index >= 15 is 0 Å². The average molecular weight is 330 g/mol. The fourth-order valence-electron chi connectivity index (χ4n) is 2.64. The summed E-state index contributed by atoms with van der Waals surface area (Å²) in [7, 11) is 0. The topological polar surface area (TPSA) is 40.5 Å². The smallest absolute Gasteiger partial charge is 0.317 e. The summed E-state index contributed by atoms with van der Waals surface area (Å²) in [6.07, 6.45) is 4.26. The molecule has 0 aromatic heterocycles. The van der Waals surface area contributed by atoms with Crippen LogP contribution in [0.1, 0.15) is 31.2 Å². The van der Waals surface area contributed by atoms with Gasteiger partial charge in [-0.15, -0.1) is 0 Å². The molecule has 5 heteroatoms. The zero-order valence-corrected chi connectivity index (χ0v) is 12.2. The Bertz CT molecular complexity index is 461. The molecule has 1 aromatic carbocycles. The van der Waals surface area contributed by atoms with E-state index in [-0.39, 0.29) is 18.4 Å². The minimum atomic E-state index is -0.859. The average Bonchev–Trinajstić information content (AvgIpc) is 2.86. The number of nitrogens with zero attached hydrogens (tertiary/aromatic N) is 1. The minimum absolute atomic E-state index is 0.0311. The molecule has 19 heavy (non-hydrogen) atoms. The third kappa shape index (κ3) is 4.01. The molecule has 0 atom stereocenters. The monoisotopic (exact) mass is 329 g/mol. The second kappa shape index (κ2) is 6.48. The second-order valence-electron chi connectivity index (χ2n) is 4.97. The highest BCUT2D eigenvalue weighted by Gasteiger charge is 2.25. The summed E-state index contributed by atoms with van der Waals surface area (Å²) in [6.45, 7) is 0.318. The predicted molar refractivity (Wildman–Crippen MR) is 74.4 cm³/mol. The normalized spacial score (nSPS) is 16.2. The Labute approximate surface area is 120 Å². The van der Waals surface area contributed by atoms with Crippen LogP contribution < -0.4 is 0 Å². The molecule has 1 fully saturated rings. The van der Waals surface area contributed by atoms with E-state index < -0.39 is 5.97 Å². The Morgan fingerprint density at radius 3 is 2.74 bits per heavy atom. The number of aliphatic carboxylic acids is 1. The van der Waals surface area contributed by atoms with Crippen molar-refractivity contribution in [1.82, 2.24) is 4.90 Å². The van der Waals surface area contributed by atoms with E-state index in [0.717, 1.165) is 30.2 Å². The van der Waals surface area contributed by atoms with Gasteiger partial charge < -0.3 is 5.11 Å². The molecule has 0 amide bonds. The summed E-state index contributed by atoms with van der Waals surface area (Å²) in [5.41, 5.74) is 0.544. The van der Waals surface area contributed by atoms with Crippen LogP contribution >= 0.6 is 15.9 Å². The Morgan fingerprint density at radius 2 is 2.11 bits per heavy atom. The minimum Gasteiger partial charge on any atom is -0.480 e. The number of carbonyl (C=O) groups is 1. The van der Waals surface area contributed by atoms with Gasteiger partial charge in [0.15, 0.2) is 0 Å². The van der Waals surface area contributed by atoms with Crippen molar-refractivity contribution in [2.45, 2.75) is 38.3 Å². The summed E-state index contributed by atoms with van der Waals surface area (Å²) < 4.78 is 14.6. The van der Waals surface area contributed by atoms with Crippen molar-refractivity contribution in [2.75, 3.05) is 6.54 Å². The third-order valence-corrected chi connectivity index (χ3v) is 4.05. The van der Waals surface area contributed by atoms with Crippen LogP contribution in [0.4, 0.5) is 4.39 Å². The number of hydrogen-bond donors (Lipinski definition) is 1. The molecule has 1 N–H and O–H groups in total. The van der Waals surface area contributed by atoms with E-state index in [9.17, 15) is 9.18 Å². The largest absolute Gasteiger partial charge is 0.480 e. The quantitative estimate of drug-likeness (QED) is 0.899. The lowest BCUT2D eigenvalue weighted by Gasteiger charge is -2.27. The molecule has 0 saturated heterocycles. The standard InChI is InChI=1S/C14H17BrFNO2/c15-11-5-6-13(16)10(7-11)8-17(9-14(18)19)12-3-1-2-4-12/h5-7,12H,1-4,8-9H2,(H,18,19). The van der Waals surface area contributed by atoms with E-state index in [1.165, 1.54) is 6.07 Å². The third-order valence-electron chi connectivity index (χ3n) is 3.56. The van der Waals surface area contributed by atoms with Gasteiger partial charge in [0.25, 0.3) is 0 Å². The molecule has 0 heterocycles. The van der Waals surface area contributed by atoms with Crippen molar-refractivity contribution in [1.29, 1.82) is 0 Å². The molecule has 0 radical (unpaired) electrons. The molecule has 2 rings (SSSR count). The fraction of sp³-hybridized carbons (Fsp3) is 0.500. The fourth-order valence-corrected chi connectivity index (χ4v) is 3.05. The SMILES string of the molecule is O=C(O)CN(Cc1cc(Br)ccc1F)C1CCCC1. The molecule has 1 aliphatic carbocycles. The molecule has 3 nitrogen and oxygen atoms in total. The molecule has 1 aromatic rings. The van der Waals surface area contributed by atoms with Crippen LogP contribution in [0, 0.1) is 5.82 Å². The van der Waals surface area contributed by atoms with E-state index in [2.05, 4.69) is 15.9 Å². The molecule has 1 aliphatic rings. The molecule has 0 aliphatic heterocycles. The maximum absolute atomic E-state index is 13.8. The van der Waals surface area contributed by atoms with Gasteiger partial charge in [0, 0.05) is 22.6 Å². The maximum Gasteiger partial charge on any atom is 0.317 e. The summed E-state index contributed by atoms with van der Waals surface area (Å²) in [5, 5.41) is 9.00. The van der Waals surface area contributed by atoms with Gasteiger partial charge in [-0.05, 0) is 31.0 Å². The highest BCUT2D eigenvalue weighted by molar-refractivity contribution is 9.10. The van der Waals surface area contributed by atoms with Gasteiger partial charge in [-0.3, -0.25) is 9.69 Å². The molecular weight excluding hydrogens is 313 g/mol. The summed E-state index contributed by atoms with van der Waals surface area (Å²) in [5.74, 6) is -1.14. The Morgan fingerprint density at radius 1 is 1.42 bits per heavy atom. The predicted octanol–water partition coefficient (Wildman–Crippen LogP) is 3.42. The van der Waals surface area contributed by atoms with E-state index in [0.29, 0.717) is 12.1 Å². The summed E-state index contributed by atoms with van der Waals surface area (Å²) in [6, 6.07) is 5.04. The molecule has 1 saturated carbocycles. The number of carboxylic acids is 1. The van der Waals surface area contributed by atoms with Crippen molar-refractivity contribution < 1.29 is 14.3 Å². The number of benzene rings is 1. The molecule has 0 unspecified atom stereocenters. The van der Waals surface area contributed by atoms with Gasteiger partial charge >= 0.3 is 5.97 Å². The van der Waals surface area contributed by atoms with Crippen LogP contribution in [0.25, 0.3) is 0 Å². The first-order valence-electron chi connectivity index (χ1n) is 6.46. The summed E-state index contributed by atoms with van der Waals surface area (Å²) in [4.78, 5) is 12.8. The highest BCUT2D eigenvalue weighted by atomic mass is 79.9. The molecule has 0 bridgehead atoms. The van der Waals surface area contributed by atoms with Crippen LogP contribution in [0.15, 0.2) is 22.7 Å². The van der Waals surface area contributed by atoms with E-state index in [4.69, 9.17) is 5.11 Å². The van der Waals surface area contributed by atoms with Gasteiger partial charge in [0.2, 0.25) is 0 Å². The van der Waals surface area contributed by atoms with Gasteiger partial charge in [-0.1, -0.05) is 28.8 Å². The molecular formula is C14H17BrFNO2. The number of halogens is 2. The lowest BCUT2D eigenvalue weighted by Crippen LogP contribution is -2.37. The Hall–Kier alpha value is -0.940. The lowest BCUT2D eigenvalue weighted by molar-refractivity contribution is -0.139. The van der Waals surface area contributed by atoms with Crippen LogP contribution in [-0.2, 0) is 11.3 Å². The summed E-state index contributed by atoms with van der Waals surface area (Å²) >= 11 is 3.32. The number of carboxylic acid groups (broad SMARTS) is 1. The van der Waals surface area contributed by atoms with Crippen molar-refractivity contribution in [2.24, 2.45) is 0 Å². The second-order valence-corrected chi connectivity index (χ2v) is 5.89. The van der Waals surface area contributed by atoms with Gasteiger partial charge in [0.1, 0.15) is 5.82 Å². The molecule has 0 spiro atoms. The van der Waals surface area contributed by atoms with Gasteiger partial charge in [0.05, 0.1) is 6.54 Å². The van der Waals surface area contributed by atoms with Crippen LogP contribution in [0.5, 0.6) is 0 Å². The Kier molecular flexibility index (Phi) is 4.93. The van der Waals surface area contributed by atoms with Crippen LogP contribution in [-0.4, -0.2) is 28.6 Å². The first-order chi connectivity index (χ1) is 9.06. The molecule has 104 valence electrons. The zero-order chi connectivity index (χ0) is 13.8. The van der Waals surface area contributed by atoms with Crippen molar-refractivity contribution in [3.8, 4) is 0 Å². The van der Waals surface area contributed by atoms with E-state index in [1.807, 2.05) is 4.90 Å². The zero-order valence-electron chi connectivity index (χ0n) is 10.6. The van der Waals surface area contributed by atoms with Crippen LogP contribution in [0.2, 0.25) is 0 Å². The first-order valence-corrected chi connectivity index (χ1v) is 7.25. The lowest BCUT2D eigenvalue weighted by atomic mass is 10.1. The number of rotatable bonds is 5. The first kappa shape index (κ1) is 14.5. The van der Waals surface area contributed by atoms with Gasteiger partial charge in [-0.25, -0.2) is 4.39 Å².